The van der Waals surface area contributed by atoms with Crippen molar-refractivity contribution in [2.45, 2.75) is 33.1 Å². The maximum absolute atomic E-state index is 13.3. The number of carbonyl (C=O) groups is 3. The van der Waals surface area contributed by atoms with Gasteiger partial charge in [0.15, 0.2) is 0 Å². The Morgan fingerprint density at radius 3 is 2.23 bits per heavy atom. The first-order valence-corrected chi connectivity index (χ1v) is 10.2. The predicted molar refractivity (Wildman–Crippen MR) is 119 cm³/mol. The molecule has 0 fully saturated rings. The summed E-state index contributed by atoms with van der Waals surface area (Å²) < 4.78 is 0. The lowest BCUT2D eigenvalue weighted by atomic mass is 10.0. The van der Waals surface area contributed by atoms with Gasteiger partial charge in [-0.05, 0) is 36.2 Å². The van der Waals surface area contributed by atoms with Crippen LogP contribution in [0.15, 0.2) is 60.3 Å². The number of rotatable bonds is 8. The molecule has 0 unspecified atom stereocenters. The summed E-state index contributed by atoms with van der Waals surface area (Å²) in [5.74, 6) is -0.717. The molecule has 0 atom stereocenters. The zero-order valence-corrected chi connectivity index (χ0v) is 17.6. The van der Waals surface area contributed by atoms with E-state index in [9.17, 15) is 14.4 Å². The fraction of sp³-hybridized carbons (Fsp3) is 0.292. The minimum absolute atomic E-state index is 0.166. The van der Waals surface area contributed by atoms with Crippen LogP contribution in [0.2, 0.25) is 0 Å². The third-order valence-electron chi connectivity index (χ3n) is 5.10. The summed E-state index contributed by atoms with van der Waals surface area (Å²) in [6.07, 6.45) is 2.75. The monoisotopic (exact) mass is 405 g/mol. The molecule has 30 heavy (non-hydrogen) atoms. The topological polar surface area (TPSA) is 69.7 Å². The van der Waals surface area contributed by atoms with Crippen LogP contribution in [-0.2, 0) is 14.4 Å². The van der Waals surface area contributed by atoms with Gasteiger partial charge in [0.1, 0.15) is 5.70 Å². The van der Waals surface area contributed by atoms with Gasteiger partial charge in [-0.25, -0.2) is 0 Å². The number of anilines is 2. The summed E-state index contributed by atoms with van der Waals surface area (Å²) in [6, 6.07) is 16.5. The number of nitrogens with zero attached hydrogens (tertiary/aromatic N) is 2. The molecule has 3 amide bonds. The second kappa shape index (κ2) is 9.39. The van der Waals surface area contributed by atoms with Crippen molar-refractivity contribution in [3.8, 4) is 0 Å². The lowest BCUT2D eigenvalue weighted by Crippen LogP contribution is -2.35. The van der Waals surface area contributed by atoms with Crippen LogP contribution < -0.4 is 10.2 Å². The highest BCUT2D eigenvalue weighted by Crippen LogP contribution is 2.34. The van der Waals surface area contributed by atoms with Gasteiger partial charge < -0.3 is 10.2 Å². The molecule has 0 saturated carbocycles. The molecular weight excluding hydrogens is 378 g/mol. The highest BCUT2D eigenvalue weighted by molar-refractivity contribution is 6.36. The second-order valence-corrected chi connectivity index (χ2v) is 7.35. The number of unbranched alkanes of at least 4 members (excludes halogenated alkanes) is 2. The highest BCUT2D eigenvalue weighted by atomic mass is 16.2. The smallest absolute Gasteiger partial charge is 0.278 e. The number of imide groups is 1. The van der Waals surface area contributed by atoms with Crippen LogP contribution >= 0.6 is 0 Å². The normalized spacial score (nSPS) is 13.8. The van der Waals surface area contributed by atoms with Gasteiger partial charge in [-0.2, -0.15) is 0 Å². The van der Waals surface area contributed by atoms with E-state index in [0.29, 0.717) is 29.1 Å². The Kier molecular flexibility index (Phi) is 6.67. The Balaban J connectivity index is 2.02. The van der Waals surface area contributed by atoms with Gasteiger partial charge in [0.05, 0.1) is 5.57 Å². The van der Waals surface area contributed by atoms with E-state index >= 15 is 0 Å². The molecule has 1 heterocycles. The molecule has 0 spiro atoms. The maximum atomic E-state index is 13.3. The van der Waals surface area contributed by atoms with Crippen molar-refractivity contribution in [2.75, 3.05) is 23.8 Å². The Morgan fingerprint density at radius 1 is 0.967 bits per heavy atom. The van der Waals surface area contributed by atoms with Crippen LogP contribution in [0, 0.1) is 0 Å². The molecule has 3 rings (SSSR count). The maximum Gasteiger partial charge on any atom is 0.278 e. The van der Waals surface area contributed by atoms with Crippen molar-refractivity contribution < 1.29 is 14.4 Å². The van der Waals surface area contributed by atoms with Crippen molar-refractivity contribution in [3.63, 3.8) is 0 Å². The van der Waals surface area contributed by atoms with Crippen molar-refractivity contribution >= 4 is 34.7 Å². The minimum Gasteiger partial charge on any atom is -0.339 e. The molecule has 6 heteroatoms. The molecule has 1 N–H and O–H groups in total. The first-order chi connectivity index (χ1) is 14.4. The molecule has 1 aliphatic rings. The Labute approximate surface area is 177 Å². The van der Waals surface area contributed by atoms with E-state index in [1.165, 1.54) is 11.8 Å². The number of nitrogens with one attached hydrogen (secondary N) is 1. The quantitative estimate of drug-likeness (QED) is 0.531. The summed E-state index contributed by atoms with van der Waals surface area (Å²) >= 11 is 0. The molecule has 0 aliphatic carbocycles. The van der Waals surface area contributed by atoms with E-state index in [2.05, 4.69) is 12.2 Å². The number of amides is 3. The van der Waals surface area contributed by atoms with Crippen LogP contribution in [-0.4, -0.2) is 36.2 Å². The molecule has 1 aliphatic heterocycles. The molecule has 2 aromatic rings. The third-order valence-corrected chi connectivity index (χ3v) is 5.10. The van der Waals surface area contributed by atoms with Gasteiger partial charge in [-0.3, -0.25) is 19.3 Å². The van der Waals surface area contributed by atoms with Gasteiger partial charge in [0.2, 0.25) is 5.91 Å². The average Bonchev–Trinajstić information content (AvgIpc) is 2.99. The lowest BCUT2D eigenvalue weighted by molar-refractivity contribution is -0.137. The number of benzene rings is 2. The molecule has 156 valence electrons. The zero-order valence-electron chi connectivity index (χ0n) is 17.6. The summed E-state index contributed by atoms with van der Waals surface area (Å²) in [7, 11) is 1.80. The van der Waals surface area contributed by atoms with Crippen molar-refractivity contribution in [2.24, 2.45) is 0 Å². The summed E-state index contributed by atoms with van der Waals surface area (Å²) in [6.45, 7) is 3.93. The van der Waals surface area contributed by atoms with Gasteiger partial charge in [-0.1, -0.05) is 50.1 Å². The summed E-state index contributed by atoms with van der Waals surface area (Å²) in [5.41, 5.74) is 2.88. The summed E-state index contributed by atoms with van der Waals surface area (Å²) in [4.78, 5) is 40.9. The largest absolute Gasteiger partial charge is 0.339 e. The highest BCUT2D eigenvalue weighted by Gasteiger charge is 2.40. The van der Waals surface area contributed by atoms with Gasteiger partial charge >= 0.3 is 0 Å². The van der Waals surface area contributed by atoms with Crippen LogP contribution in [0.4, 0.5) is 11.4 Å². The van der Waals surface area contributed by atoms with Gasteiger partial charge in [-0.15, -0.1) is 0 Å². The zero-order chi connectivity index (χ0) is 21.7. The lowest BCUT2D eigenvalue weighted by Gasteiger charge is -2.21. The number of para-hydroxylation sites is 1. The number of carbonyl (C=O) groups excluding carboxylic acids is 3. The van der Waals surface area contributed by atoms with Gasteiger partial charge in [0, 0.05) is 31.9 Å². The van der Waals surface area contributed by atoms with Crippen LogP contribution in [0.5, 0.6) is 0 Å². The Hall–Kier alpha value is -3.41. The second-order valence-electron chi connectivity index (χ2n) is 7.35. The number of hydrogen-bond donors (Lipinski definition) is 1. The third kappa shape index (κ3) is 4.43. The van der Waals surface area contributed by atoms with Gasteiger partial charge in [0.25, 0.3) is 11.8 Å². The first kappa shape index (κ1) is 21.3. The average molecular weight is 405 g/mol. The van der Waals surface area contributed by atoms with E-state index < -0.39 is 0 Å². The first-order valence-electron chi connectivity index (χ1n) is 10.2. The molecule has 0 bridgehead atoms. The molecule has 2 aromatic carbocycles. The standard InChI is InChI=1S/C24H27N3O3/c1-4-5-9-16-27-23(29)21(18-12-14-19(15-13-18)25-17(2)28)22(24(27)30)26(3)20-10-7-6-8-11-20/h6-8,10-15H,4-5,9,16H2,1-3H3,(H,25,28). The van der Waals surface area contributed by atoms with Crippen LogP contribution in [0.3, 0.4) is 0 Å². The Bertz CT molecular complexity index is 965. The molecule has 0 radical (unpaired) electrons. The van der Waals surface area contributed by atoms with E-state index in [0.717, 1.165) is 24.9 Å². The number of hydrogen-bond acceptors (Lipinski definition) is 4. The van der Waals surface area contributed by atoms with Crippen LogP contribution in [0.1, 0.15) is 38.7 Å². The summed E-state index contributed by atoms with van der Waals surface area (Å²) in [5, 5.41) is 2.72. The van der Waals surface area contributed by atoms with E-state index in [-0.39, 0.29) is 17.7 Å². The van der Waals surface area contributed by atoms with Crippen LogP contribution in [0.25, 0.3) is 5.57 Å². The van der Waals surface area contributed by atoms with E-state index in [4.69, 9.17) is 0 Å². The van der Waals surface area contributed by atoms with Crippen molar-refractivity contribution in [1.29, 1.82) is 0 Å². The van der Waals surface area contributed by atoms with Crippen molar-refractivity contribution in [3.05, 3.63) is 65.9 Å². The molecule has 6 nitrogen and oxygen atoms in total. The fourth-order valence-electron chi connectivity index (χ4n) is 3.56. The predicted octanol–water partition coefficient (Wildman–Crippen LogP) is 4.05. The molecule has 0 saturated heterocycles. The van der Waals surface area contributed by atoms with E-state index in [1.54, 1.807) is 36.2 Å². The van der Waals surface area contributed by atoms with Crippen molar-refractivity contribution in [1.82, 2.24) is 4.90 Å². The van der Waals surface area contributed by atoms with E-state index in [1.807, 2.05) is 30.3 Å². The SMILES string of the molecule is CCCCCN1C(=O)C(c2ccc(NC(C)=O)cc2)=C(N(C)c2ccccc2)C1=O. The number of likely N-dealkylation sites (N-methyl/N-ethyl adjacent to an activating group) is 1. The molecular formula is C24H27N3O3. The minimum atomic E-state index is -0.277. The fourth-order valence-corrected chi connectivity index (χ4v) is 3.56. The molecule has 0 aromatic heterocycles. The Morgan fingerprint density at radius 2 is 1.63 bits per heavy atom.